The smallest absolute Gasteiger partial charge is 0.251 e. The molecule has 8 heteroatoms. The molecule has 6 nitrogen and oxygen atoms in total. The van der Waals surface area contributed by atoms with Crippen molar-refractivity contribution in [2.45, 2.75) is 17.7 Å². The number of nitrogens with zero attached hydrogens (tertiary/aromatic N) is 1. The van der Waals surface area contributed by atoms with Gasteiger partial charge in [-0.05, 0) is 25.1 Å². The van der Waals surface area contributed by atoms with Crippen molar-refractivity contribution in [1.82, 2.24) is 9.71 Å². The van der Waals surface area contributed by atoms with E-state index in [0.29, 0.717) is 22.0 Å². The molecule has 0 unspecified atom stereocenters. The number of methoxy groups -OCH3 is 1. The van der Waals surface area contributed by atoms with Crippen LogP contribution in [-0.4, -0.2) is 20.5 Å². The highest BCUT2D eigenvalue weighted by Gasteiger charge is 2.17. The summed E-state index contributed by atoms with van der Waals surface area (Å²) in [5.41, 5.74) is 6.92. The summed E-state index contributed by atoms with van der Waals surface area (Å²) in [4.78, 5) is 3.94. The standard InChI is InChI=1S/C12H15N3O3S2/c1-8-14-7-12(19-8)20(16,17)15-6-9-5-10(13)3-4-11(9)18-2/h3-5,7,15H,6,13H2,1-2H3. The van der Waals surface area contributed by atoms with Crippen molar-refractivity contribution >= 4 is 27.0 Å². The molecule has 2 rings (SSSR count). The summed E-state index contributed by atoms with van der Waals surface area (Å²) >= 11 is 1.13. The minimum atomic E-state index is -3.57. The van der Waals surface area contributed by atoms with Crippen LogP contribution in [0, 0.1) is 6.92 Å². The predicted molar refractivity (Wildman–Crippen MR) is 78.3 cm³/mol. The number of aromatic nitrogens is 1. The van der Waals surface area contributed by atoms with Crippen LogP contribution in [-0.2, 0) is 16.6 Å². The molecule has 20 heavy (non-hydrogen) atoms. The zero-order valence-electron chi connectivity index (χ0n) is 11.1. The van der Waals surface area contributed by atoms with Crippen LogP contribution in [0.3, 0.4) is 0 Å². The Morgan fingerprint density at radius 2 is 2.20 bits per heavy atom. The van der Waals surface area contributed by atoms with Crippen molar-refractivity contribution in [2.75, 3.05) is 12.8 Å². The van der Waals surface area contributed by atoms with Gasteiger partial charge in [-0.3, -0.25) is 0 Å². The third-order valence-electron chi connectivity index (χ3n) is 2.62. The summed E-state index contributed by atoms with van der Waals surface area (Å²) in [5, 5.41) is 0.701. The third-order valence-corrected chi connectivity index (χ3v) is 5.40. The first-order valence-electron chi connectivity index (χ1n) is 5.77. The molecule has 0 atom stereocenters. The van der Waals surface area contributed by atoms with Gasteiger partial charge in [-0.15, -0.1) is 11.3 Å². The molecule has 0 aliphatic heterocycles. The molecule has 1 heterocycles. The SMILES string of the molecule is COc1ccc(N)cc1CNS(=O)(=O)c1cnc(C)s1. The molecule has 108 valence electrons. The van der Waals surface area contributed by atoms with E-state index in [2.05, 4.69) is 9.71 Å². The van der Waals surface area contributed by atoms with E-state index < -0.39 is 10.0 Å². The highest BCUT2D eigenvalue weighted by molar-refractivity contribution is 7.91. The van der Waals surface area contributed by atoms with Crippen LogP contribution in [0.4, 0.5) is 5.69 Å². The topological polar surface area (TPSA) is 94.3 Å². The normalized spacial score (nSPS) is 11.5. The lowest BCUT2D eigenvalue weighted by Crippen LogP contribution is -2.22. The Kier molecular flexibility index (Phi) is 4.26. The number of aryl methyl sites for hydroxylation is 1. The third kappa shape index (κ3) is 3.27. The molecule has 0 saturated heterocycles. The van der Waals surface area contributed by atoms with E-state index in [-0.39, 0.29) is 10.8 Å². The molecule has 1 aromatic carbocycles. The number of hydrogen-bond acceptors (Lipinski definition) is 6. The fourth-order valence-corrected chi connectivity index (χ4v) is 3.81. The Bertz CT molecular complexity index is 710. The van der Waals surface area contributed by atoms with Crippen molar-refractivity contribution in [2.24, 2.45) is 0 Å². The minimum absolute atomic E-state index is 0.105. The van der Waals surface area contributed by atoms with E-state index in [1.165, 1.54) is 13.3 Å². The quantitative estimate of drug-likeness (QED) is 0.816. The molecule has 2 aromatic rings. The van der Waals surface area contributed by atoms with Crippen molar-refractivity contribution in [1.29, 1.82) is 0 Å². The summed E-state index contributed by atoms with van der Waals surface area (Å²) < 4.78 is 32.1. The first kappa shape index (κ1) is 14.8. The number of nitrogens with one attached hydrogen (secondary N) is 1. The maximum Gasteiger partial charge on any atom is 0.251 e. The molecule has 0 aliphatic rings. The summed E-state index contributed by atoms with van der Waals surface area (Å²) in [7, 11) is -2.04. The zero-order chi connectivity index (χ0) is 14.8. The number of hydrogen-bond donors (Lipinski definition) is 2. The molecule has 0 bridgehead atoms. The summed E-state index contributed by atoms with van der Waals surface area (Å²) in [5.74, 6) is 0.586. The number of benzene rings is 1. The minimum Gasteiger partial charge on any atom is -0.496 e. The zero-order valence-corrected chi connectivity index (χ0v) is 12.7. The highest BCUT2D eigenvalue weighted by atomic mass is 32.2. The molecule has 0 fully saturated rings. The van der Waals surface area contributed by atoms with Crippen molar-refractivity contribution < 1.29 is 13.2 Å². The van der Waals surface area contributed by atoms with Crippen LogP contribution in [0.1, 0.15) is 10.6 Å². The summed E-state index contributed by atoms with van der Waals surface area (Å²) in [6.07, 6.45) is 1.35. The van der Waals surface area contributed by atoms with Crippen LogP contribution in [0.25, 0.3) is 0 Å². The Hall–Kier alpha value is -1.64. The number of rotatable bonds is 5. The Balaban J connectivity index is 2.18. The molecule has 0 radical (unpaired) electrons. The van der Waals surface area contributed by atoms with Gasteiger partial charge in [0.15, 0.2) is 4.21 Å². The van der Waals surface area contributed by atoms with Gasteiger partial charge in [0.2, 0.25) is 0 Å². The van der Waals surface area contributed by atoms with Crippen molar-refractivity contribution in [3.05, 3.63) is 35.0 Å². The van der Waals surface area contributed by atoms with Gasteiger partial charge in [0.05, 0.1) is 18.3 Å². The van der Waals surface area contributed by atoms with Gasteiger partial charge in [-0.2, -0.15) is 0 Å². The van der Waals surface area contributed by atoms with Crippen molar-refractivity contribution in [3.8, 4) is 5.75 Å². The first-order valence-corrected chi connectivity index (χ1v) is 8.07. The van der Waals surface area contributed by atoms with Crippen LogP contribution >= 0.6 is 11.3 Å². The fourth-order valence-electron chi connectivity index (χ4n) is 1.65. The fraction of sp³-hybridized carbons (Fsp3) is 0.250. The number of thiazole rings is 1. The maximum absolute atomic E-state index is 12.1. The van der Waals surface area contributed by atoms with E-state index in [1.54, 1.807) is 25.1 Å². The summed E-state index contributed by atoms with van der Waals surface area (Å²) in [6.45, 7) is 1.86. The van der Waals surface area contributed by atoms with E-state index in [1.807, 2.05) is 0 Å². The lowest BCUT2D eigenvalue weighted by Gasteiger charge is -2.10. The average molecular weight is 313 g/mol. The Morgan fingerprint density at radius 3 is 2.80 bits per heavy atom. The van der Waals surface area contributed by atoms with E-state index >= 15 is 0 Å². The molecule has 0 aliphatic carbocycles. The molecule has 0 saturated carbocycles. The largest absolute Gasteiger partial charge is 0.496 e. The molecular weight excluding hydrogens is 298 g/mol. The van der Waals surface area contributed by atoms with Gasteiger partial charge in [-0.1, -0.05) is 0 Å². The van der Waals surface area contributed by atoms with Crippen LogP contribution in [0.5, 0.6) is 5.75 Å². The molecule has 0 spiro atoms. The number of nitrogens with two attached hydrogens (primary N) is 1. The van der Waals surface area contributed by atoms with Gasteiger partial charge < -0.3 is 10.5 Å². The molecule has 0 amide bonds. The molecular formula is C12H15N3O3S2. The number of sulfonamides is 1. The van der Waals surface area contributed by atoms with Gasteiger partial charge in [-0.25, -0.2) is 18.1 Å². The second kappa shape index (κ2) is 5.78. The average Bonchev–Trinajstić information content (AvgIpc) is 2.84. The van der Waals surface area contributed by atoms with Crippen LogP contribution in [0.15, 0.2) is 28.6 Å². The van der Waals surface area contributed by atoms with E-state index in [9.17, 15) is 8.42 Å². The van der Waals surface area contributed by atoms with E-state index in [4.69, 9.17) is 10.5 Å². The second-order valence-corrected chi connectivity index (χ2v) is 7.32. The lowest BCUT2D eigenvalue weighted by molar-refractivity contribution is 0.409. The van der Waals surface area contributed by atoms with Gasteiger partial charge >= 0.3 is 0 Å². The van der Waals surface area contributed by atoms with Crippen LogP contribution in [0.2, 0.25) is 0 Å². The predicted octanol–water partition coefficient (Wildman–Crippen LogP) is 1.52. The van der Waals surface area contributed by atoms with Gasteiger partial charge in [0.1, 0.15) is 5.75 Å². The van der Waals surface area contributed by atoms with Gasteiger partial charge in [0.25, 0.3) is 10.0 Å². The van der Waals surface area contributed by atoms with Crippen LogP contribution < -0.4 is 15.2 Å². The molecule has 3 N–H and O–H groups in total. The Labute approximate surface area is 121 Å². The Morgan fingerprint density at radius 1 is 1.45 bits per heavy atom. The van der Waals surface area contributed by atoms with E-state index in [0.717, 1.165) is 11.3 Å². The number of ether oxygens (including phenoxy) is 1. The van der Waals surface area contributed by atoms with Crippen molar-refractivity contribution in [3.63, 3.8) is 0 Å². The highest BCUT2D eigenvalue weighted by Crippen LogP contribution is 2.22. The maximum atomic E-state index is 12.1. The van der Waals surface area contributed by atoms with Gasteiger partial charge in [0, 0.05) is 17.8 Å². The molecule has 1 aromatic heterocycles. The summed E-state index contributed by atoms with van der Waals surface area (Å²) in [6, 6.07) is 5.08. The lowest BCUT2D eigenvalue weighted by atomic mass is 10.2. The number of anilines is 1. The first-order chi connectivity index (χ1) is 9.42. The second-order valence-electron chi connectivity index (χ2n) is 4.09. The number of nitrogen functional groups attached to an aromatic ring is 1. The monoisotopic (exact) mass is 313 g/mol.